The van der Waals surface area contributed by atoms with Crippen molar-refractivity contribution in [2.75, 3.05) is 0 Å². The molecule has 1 aromatic heterocycles. The van der Waals surface area contributed by atoms with E-state index in [2.05, 4.69) is 10.6 Å². The number of piperidine rings is 1. The first-order chi connectivity index (χ1) is 16.3. The van der Waals surface area contributed by atoms with E-state index in [4.69, 9.17) is 4.42 Å². The summed E-state index contributed by atoms with van der Waals surface area (Å²) in [7, 11) is 0. The van der Waals surface area contributed by atoms with E-state index in [1.54, 1.807) is 18.2 Å². The Hall–Kier alpha value is -4.40. The first-order valence-electron chi connectivity index (χ1n) is 10.6. The van der Waals surface area contributed by atoms with E-state index in [1.165, 1.54) is 30.3 Å². The van der Waals surface area contributed by atoms with E-state index in [9.17, 15) is 28.4 Å². The maximum atomic E-state index is 14.7. The van der Waals surface area contributed by atoms with Gasteiger partial charge in [-0.25, -0.2) is 4.39 Å². The van der Waals surface area contributed by atoms with Crippen LogP contribution in [-0.4, -0.2) is 29.3 Å². The molecule has 2 heterocycles. The van der Waals surface area contributed by atoms with Crippen molar-refractivity contribution in [3.8, 4) is 0 Å². The van der Waals surface area contributed by atoms with Gasteiger partial charge in [-0.05, 0) is 18.1 Å². The van der Waals surface area contributed by atoms with Gasteiger partial charge in [0.05, 0.1) is 11.5 Å². The summed E-state index contributed by atoms with van der Waals surface area (Å²) in [4.78, 5) is 61.2. The molecule has 0 saturated carbocycles. The van der Waals surface area contributed by atoms with Crippen molar-refractivity contribution in [2.24, 2.45) is 0 Å². The Bertz CT molecular complexity index is 1350. The molecular formula is C25H17FN2O6. The molecule has 34 heavy (non-hydrogen) atoms. The van der Waals surface area contributed by atoms with Crippen molar-refractivity contribution in [1.82, 2.24) is 10.6 Å². The highest BCUT2D eigenvalue weighted by atomic mass is 19.1. The van der Waals surface area contributed by atoms with E-state index in [0.717, 1.165) is 0 Å². The second kappa shape index (κ2) is 8.18. The summed E-state index contributed by atoms with van der Waals surface area (Å²) in [6.07, 6.45) is 0.360. The lowest BCUT2D eigenvalue weighted by atomic mass is 9.89. The summed E-state index contributed by atoms with van der Waals surface area (Å²) >= 11 is 0. The van der Waals surface area contributed by atoms with Gasteiger partial charge in [0.25, 0.3) is 5.91 Å². The zero-order valence-electron chi connectivity index (χ0n) is 17.6. The average Bonchev–Trinajstić information content (AvgIpc) is 3.28. The van der Waals surface area contributed by atoms with Gasteiger partial charge in [0, 0.05) is 35.7 Å². The van der Waals surface area contributed by atoms with Gasteiger partial charge in [0.15, 0.2) is 17.3 Å². The minimum atomic E-state index is -0.755. The Morgan fingerprint density at radius 2 is 1.74 bits per heavy atom. The molecule has 1 aliphatic heterocycles. The maximum absolute atomic E-state index is 14.7. The second-order valence-electron chi connectivity index (χ2n) is 8.10. The van der Waals surface area contributed by atoms with Crippen LogP contribution in [0.15, 0.2) is 52.9 Å². The molecular weight excluding hydrogens is 443 g/mol. The Balaban J connectivity index is 1.30. The topological polar surface area (TPSA) is 123 Å². The molecule has 2 aromatic carbocycles. The molecule has 2 aliphatic rings. The van der Waals surface area contributed by atoms with Gasteiger partial charge in [-0.2, -0.15) is 0 Å². The number of rotatable bonds is 4. The van der Waals surface area contributed by atoms with Crippen LogP contribution >= 0.6 is 0 Å². The van der Waals surface area contributed by atoms with Crippen LogP contribution in [0.3, 0.4) is 0 Å². The van der Waals surface area contributed by atoms with E-state index >= 15 is 0 Å². The van der Waals surface area contributed by atoms with Crippen molar-refractivity contribution < 1.29 is 32.8 Å². The summed E-state index contributed by atoms with van der Waals surface area (Å²) < 4.78 is 20.1. The lowest BCUT2D eigenvalue weighted by Crippen LogP contribution is -2.39. The molecule has 0 bridgehead atoms. The lowest BCUT2D eigenvalue weighted by Gasteiger charge is -2.21. The summed E-state index contributed by atoms with van der Waals surface area (Å²) in [6, 6.07) is 11.8. The highest BCUT2D eigenvalue weighted by Gasteiger charge is 2.34. The molecule has 1 fully saturated rings. The number of hydrogen-bond donors (Lipinski definition) is 2. The number of amides is 3. The number of carbonyl (C=O) groups excluding carboxylic acids is 5. The third kappa shape index (κ3) is 3.61. The van der Waals surface area contributed by atoms with Crippen LogP contribution in [0, 0.1) is 5.82 Å². The Morgan fingerprint density at radius 1 is 1.00 bits per heavy atom. The molecule has 8 nitrogen and oxygen atoms in total. The van der Waals surface area contributed by atoms with Crippen molar-refractivity contribution >= 4 is 29.3 Å². The highest BCUT2D eigenvalue weighted by molar-refractivity contribution is 6.27. The second-order valence-corrected chi connectivity index (χ2v) is 8.10. The first-order valence-corrected chi connectivity index (χ1v) is 10.6. The average molecular weight is 460 g/mol. The van der Waals surface area contributed by atoms with Gasteiger partial charge in [-0.3, -0.25) is 29.3 Å². The van der Waals surface area contributed by atoms with E-state index in [0.29, 0.717) is 5.56 Å². The van der Waals surface area contributed by atoms with Crippen LogP contribution in [-0.2, 0) is 16.1 Å². The maximum Gasteiger partial charge on any atom is 0.287 e. The predicted octanol–water partition coefficient (Wildman–Crippen LogP) is 2.64. The zero-order valence-corrected chi connectivity index (χ0v) is 17.6. The number of ketones is 2. The summed E-state index contributed by atoms with van der Waals surface area (Å²) in [5.74, 6) is -4.24. The van der Waals surface area contributed by atoms with Crippen LogP contribution in [0.4, 0.5) is 4.39 Å². The van der Waals surface area contributed by atoms with Crippen molar-refractivity contribution in [3.05, 3.63) is 93.7 Å². The normalized spacial score (nSPS) is 17.1. The van der Waals surface area contributed by atoms with Crippen molar-refractivity contribution in [3.63, 3.8) is 0 Å². The SMILES string of the molecule is O=C1CCC(c2ccc(CNC(=O)c3cc4c(o3)C(=O)c3ccccc3C4=O)cc2F)C(=O)N1. The molecule has 9 heteroatoms. The molecule has 5 rings (SSSR count). The minimum absolute atomic E-state index is 0.0217. The Labute approximate surface area is 192 Å². The van der Waals surface area contributed by atoms with E-state index in [-0.39, 0.29) is 59.1 Å². The molecule has 2 N–H and O–H groups in total. The summed E-state index contributed by atoms with van der Waals surface area (Å²) in [5.41, 5.74) is 1.09. The van der Waals surface area contributed by atoms with Gasteiger partial charge in [-0.1, -0.05) is 36.4 Å². The molecule has 3 amide bonds. The number of halogens is 1. The minimum Gasteiger partial charge on any atom is -0.447 e. The lowest BCUT2D eigenvalue weighted by molar-refractivity contribution is -0.134. The highest BCUT2D eigenvalue weighted by Crippen LogP contribution is 2.30. The Morgan fingerprint density at radius 3 is 2.44 bits per heavy atom. The van der Waals surface area contributed by atoms with Crippen LogP contribution < -0.4 is 10.6 Å². The fraction of sp³-hybridized carbons (Fsp3) is 0.160. The molecule has 1 unspecified atom stereocenters. The van der Waals surface area contributed by atoms with Crippen LogP contribution in [0.25, 0.3) is 0 Å². The Kier molecular flexibility index (Phi) is 5.16. The number of imide groups is 1. The monoisotopic (exact) mass is 460 g/mol. The standard InChI is InChI=1S/C25H17FN2O6/c26-18-9-12(5-6-13(18)16-7-8-20(29)28-24(16)32)11-27-25(33)19-10-17-21(30)14-3-1-2-4-15(14)22(31)23(17)34-19/h1-6,9-10,16H,7-8,11H2,(H,27,33)(H,28,29,32). The van der Waals surface area contributed by atoms with Crippen LogP contribution in [0.2, 0.25) is 0 Å². The largest absolute Gasteiger partial charge is 0.447 e. The molecule has 170 valence electrons. The quantitative estimate of drug-likeness (QED) is 0.452. The third-order valence-electron chi connectivity index (χ3n) is 5.96. The third-order valence-corrected chi connectivity index (χ3v) is 5.96. The zero-order chi connectivity index (χ0) is 24.0. The number of benzene rings is 2. The smallest absolute Gasteiger partial charge is 0.287 e. The number of fused-ring (bicyclic) bond motifs is 2. The van der Waals surface area contributed by atoms with Crippen molar-refractivity contribution in [1.29, 1.82) is 0 Å². The van der Waals surface area contributed by atoms with E-state index < -0.39 is 35.1 Å². The number of hydrogen-bond acceptors (Lipinski definition) is 6. The van der Waals surface area contributed by atoms with Crippen LogP contribution in [0.1, 0.15) is 72.5 Å². The molecule has 1 atom stereocenters. The molecule has 1 saturated heterocycles. The number of furan rings is 1. The van der Waals surface area contributed by atoms with Gasteiger partial charge in [0.2, 0.25) is 17.6 Å². The predicted molar refractivity (Wildman–Crippen MR) is 115 cm³/mol. The first kappa shape index (κ1) is 21.4. The summed E-state index contributed by atoms with van der Waals surface area (Å²) in [5, 5.41) is 4.77. The fourth-order valence-electron chi connectivity index (χ4n) is 4.21. The summed E-state index contributed by atoms with van der Waals surface area (Å²) in [6.45, 7) is -0.0567. The molecule has 0 radical (unpaired) electrons. The number of carbonyl (C=O) groups is 5. The molecule has 0 spiro atoms. The number of nitrogens with one attached hydrogen (secondary N) is 2. The molecule has 3 aromatic rings. The van der Waals surface area contributed by atoms with Crippen molar-refractivity contribution in [2.45, 2.75) is 25.3 Å². The van der Waals surface area contributed by atoms with E-state index in [1.807, 2.05) is 0 Å². The molecule has 1 aliphatic carbocycles. The van der Waals surface area contributed by atoms with Crippen LogP contribution in [0.5, 0.6) is 0 Å². The van der Waals surface area contributed by atoms with Gasteiger partial charge < -0.3 is 9.73 Å². The van der Waals surface area contributed by atoms with Gasteiger partial charge in [-0.15, -0.1) is 0 Å². The van der Waals surface area contributed by atoms with Gasteiger partial charge >= 0.3 is 0 Å². The van der Waals surface area contributed by atoms with Gasteiger partial charge in [0.1, 0.15) is 5.82 Å². The fourth-order valence-corrected chi connectivity index (χ4v) is 4.21.